The molecule has 2 N–H and O–H groups in total. The van der Waals surface area contributed by atoms with Crippen molar-refractivity contribution >= 4 is 17.9 Å². The number of β-lactam (4-membered cyclic amide) rings is 1. The molecule has 154 valence electrons. The molecule has 0 unspecified atom stereocenters. The molecule has 2 heterocycles. The van der Waals surface area contributed by atoms with Crippen molar-refractivity contribution in [2.24, 2.45) is 5.92 Å². The SMILES string of the molecule is CC(C)CNC(=O)[C@H]([C@@H](C)O)N1C[C@@]2(CCCN2C(=O)OC(C)(C)C)C1=O. The van der Waals surface area contributed by atoms with Crippen LogP contribution in [-0.4, -0.2) is 75.7 Å². The van der Waals surface area contributed by atoms with Crippen LogP contribution in [0.25, 0.3) is 0 Å². The third kappa shape index (κ3) is 4.36. The van der Waals surface area contributed by atoms with Gasteiger partial charge in [-0.25, -0.2) is 4.79 Å². The number of carbonyl (C=O) groups is 3. The Kier molecular flexibility index (Phi) is 6.09. The molecule has 0 aromatic carbocycles. The first kappa shape index (κ1) is 21.5. The molecule has 8 heteroatoms. The van der Waals surface area contributed by atoms with Crippen molar-refractivity contribution in [2.75, 3.05) is 19.6 Å². The van der Waals surface area contributed by atoms with E-state index in [9.17, 15) is 19.5 Å². The van der Waals surface area contributed by atoms with Gasteiger partial charge in [0.15, 0.2) is 0 Å². The number of amides is 3. The standard InChI is InChI=1S/C19H33N3O5/c1-12(2)10-20-15(24)14(13(3)23)21-11-19(16(21)25)8-7-9-22(19)17(26)27-18(4,5)6/h12-14,23H,7-11H2,1-6H3,(H,20,24)/t13-,14+,19+/m1/s1. The molecule has 0 bridgehead atoms. The molecule has 8 nitrogen and oxygen atoms in total. The van der Waals surface area contributed by atoms with E-state index in [-0.39, 0.29) is 24.3 Å². The summed E-state index contributed by atoms with van der Waals surface area (Å²) in [6.45, 7) is 11.9. The van der Waals surface area contributed by atoms with E-state index in [0.717, 1.165) is 0 Å². The lowest BCUT2D eigenvalue weighted by Crippen LogP contribution is -2.77. The van der Waals surface area contributed by atoms with Gasteiger partial charge < -0.3 is 20.1 Å². The molecule has 0 aromatic rings. The van der Waals surface area contributed by atoms with Crippen LogP contribution in [0.15, 0.2) is 0 Å². The van der Waals surface area contributed by atoms with Crippen LogP contribution in [-0.2, 0) is 14.3 Å². The number of hydrogen-bond donors (Lipinski definition) is 2. The minimum Gasteiger partial charge on any atom is -0.444 e. The van der Waals surface area contributed by atoms with E-state index in [2.05, 4.69) is 5.32 Å². The zero-order valence-electron chi connectivity index (χ0n) is 17.2. The van der Waals surface area contributed by atoms with E-state index < -0.39 is 29.4 Å². The summed E-state index contributed by atoms with van der Waals surface area (Å²) in [6.07, 6.45) is -0.264. The van der Waals surface area contributed by atoms with Crippen molar-refractivity contribution in [3.05, 3.63) is 0 Å². The highest BCUT2D eigenvalue weighted by Crippen LogP contribution is 2.41. The minimum absolute atomic E-state index is 0.232. The van der Waals surface area contributed by atoms with Gasteiger partial charge in [-0.3, -0.25) is 14.5 Å². The average molecular weight is 383 g/mol. The molecule has 0 aliphatic carbocycles. The maximum Gasteiger partial charge on any atom is 0.411 e. The Hall–Kier alpha value is -1.83. The Morgan fingerprint density at radius 2 is 1.93 bits per heavy atom. The van der Waals surface area contributed by atoms with Gasteiger partial charge in [-0.15, -0.1) is 0 Å². The van der Waals surface area contributed by atoms with Crippen molar-refractivity contribution in [1.29, 1.82) is 0 Å². The highest BCUT2D eigenvalue weighted by molar-refractivity contribution is 5.99. The summed E-state index contributed by atoms with van der Waals surface area (Å²) in [4.78, 5) is 41.0. The first-order valence-electron chi connectivity index (χ1n) is 9.66. The molecule has 2 aliphatic rings. The molecule has 2 aliphatic heterocycles. The Labute approximate surface area is 161 Å². The molecule has 0 radical (unpaired) electrons. The van der Waals surface area contributed by atoms with E-state index in [1.165, 1.54) is 16.7 Å². The third-order valence-electron chi connectivity index (χ3n) is 4.94. The van der Waals surface area contributed by atoms with Gasteiger partial charge in [0.1, 0.15) is 17.2 Å². The van der Waals surface area contributed by atoms with E-state index >= 15 is 0 Å². The number of carbonyl (C=O) groups excluding carboxylic acids is 3. The molecule has 2 fully saturated rings. The fraction of sp³-hybridized carbons (Fsp3) is 0.842. The number of nitrogens with zero attached hydrogens (tertiary/aromatic N) is 2. The van der Waals surface area contributed by atoms with Crippen molar-refractivity contribution in [3.8, 4) is 0 Å². The van der Waals surface area contributed by atoms with Crippen molar-refractivity contribution < 1.29 is 24.2 Å². The van der Waals surface area contributed by atoms with Gasteiger partial charge in [0, 0.05) is 13.1 Å². The summed E-state index contributed by atoms with van der Waals surface area (Å²) in [6, 6.07) is -0.956. The maximum absolute atomic E-state index is 13.0. The number of nitrogens with one attached hydrogen (secondary N) is 1. The van der Waals surface area contributed by atoms with Gasteiger partial charge in [0.25, 0.3) is 5.91 Å². The van der Waals surface area contributed by atoms with Crippen LogP contribution < -0.4 is 5.32 Å². The number of aliphatic hydroxyl groups excluding tert-OH is 1. The number of rotatable bonds is 5. The topological polar surface area (TPSA) is 99.2 Å². The zero-order valence-corrected chi connectivity index (χ0v) is 17.2. The number of aliphatic hydroxyl groups is 1. The molecule has 27 heavy (non-hydrogen) atoms. The molecule has 0 aromatic heterocycles. The molecule has 2 rings (SSSR count). The van der Waals surface area contributed by atoms with E-state index in [1.54, 1.807) is 20.8 Å². The zero-order chi connectivity index (χ0) is 20.6. The summed E-state index contributed by atoms with van der Waals surface area (Å²) in [7, 11) is 0. The Morgan fingerprint density at radius 3 is 2.41 bits per heavy atom. The van der Waals surface area contributed by atoms with Crippen LogP contribution in [0.4, 0.5) is 4.79 Å². The monoisotopic (exact) mass is 383 g/mol. The molecule has 2 saturated heterocycles. The van der Waals surface area contributed by atoms with E-state index in [4.69, 9.17) is 4.74 Å². The number of hydrogen-bond acceptors (Lipinski definition) is 5. The first-order valence-corrected chi connectivity index (χ1v) is 9.66. The van der Waals surface area contributed by atoms with Gasteiger partial charge in [0.2, 0.25) is 5.91 Å². The van der Waals surface area contributed by atoms with Crippen LogP contribution >= 0.6 is 0 Å². The molecular weight excluding hydrogens is 350 g/mol. The Bertz CT molecular complexity index is 599. The van der Waals surface area contributed by atoms with Gasteiger partial charge in [-0.2, -0.15) is 0 Å². The highest BCUT2D eigenvalue weighted by atomic mass is 16.6. The largest absolute Gasteiger partial charge is 0.444 e. The van der Waals surface area contributed by atoms with Gasteiger partial charge >= 0.3 is 6.09 Å². The van der Waals surface area contributed by atoms with Gasteiger partial charge in [-0.1, -0.05) is 13.8 Å². The third-order valence-corrected chi connectivity index (χ3v) is 4.94. The second-order valence-corrected chi connectivity index (χ2v) is 9.02. The number of ether oxygens (including phenoxy) is 1. The Morgan fingerprint density at radius 1 is 1.30 bits per heavy atom. The van der Waals surface area contributed by atoms with Crippen molar-refractivity contribution in [1.82, 2.24) is 15.1 Å². The van der Waals surface area contributed by atoms with Gasteiger partial charge in [-0.05, 0) is 46.5 Å². The fourth-order valence-corrected chi connectivity index (χ4v) is 3.70. The second-order valence-electron chi connectivity index (χ2n) is 9.02. The van der Waals surface area contributed by atoms with Crippen LogP contribution in [0.2, 0.25) is 0 Å². The Balaban J connectivity index is 2.12. The summed E-state index contributed by atoms with van der Waals surface area (Å²) in [5, 5.41) is 12.9. The van der Waals surface area contributed by atoms with E-state index in [0.29, 0.717) is 25.9 Å². The molecule has 3 amide bonds. The highest BCUT2D eigenvalue weighted by Gasteiger charge is 2.62. The lowest BCUT2D eigenvalue weighted by atomic mass is 9.83. The van der Waals surface area contributed by atoms with Gasteiger partial charge in [0.05, 0.1) is 12.6 Å². The molecule has 0 saturated carbocycles. The van der Waals surface area contributed by atoms with Crippen LogP contribution in [0.1, 0.15) is 54.4 Å². The van der Waals surface area contributed by atoms with Crippen LogP contribution in [0.3, 0.4) is 0 Å². The lowest BCUT2D eigenvalue weighted by Gasteiger charge is -2.53. The van der Waals surface area contributed by atoms with Crippen molar-refractivity contribution in [2.45, 2.75) is 77.7 Å². The smallest absolute Gasteiger partial charge is 0.411 e. The predicted octanol–water partition coefficient (Wildman–Crippen LogP) is 1.12. The average Bonchev–Trinajstić information content (AvgIpc) is 2.97. The molecule has 1 spiro atoms. The fourth-order valence-electron chi connectivity index (χ4n) is 3.70. The summed E-state index contributed by atoms with van der Waals surface area (Å²) < 4.78 is 5.44. The van der Waals surface area contributed by atoms with Crippen LogP contribution in [0.5, 0.6) is 0 Å². The van der Waals surface area contributed by atoms with E-state index in [1.807, 2.05) is 13.8 Å². The summed E-state index contributed by atoms with van der Waals surface area (Å²) in [5.74, 6) is -0.403. The second kappa shape index (κ2) is 7.66. The lowest BCUT2D eigenvalue weighted by molar-refractivity contribution is -0.171. The first-order chi connectivity index (χ1) is 12.4. The van der Waals surface area contributed by atoms with Crippen molar-refractivity contribution in [3.63, 3.8) is 0 Å². The molecule has 3 atom stereocenters. The maximum atomic E-state index is 13.0. The minimum atomic E-state index is -1.00. The number of likely N-dealkylation sites (tertiary alicyclic amines) is 2. The summed E-state index contributed by atoms with van der Waals surface area (Å²) in [5.41, 5.74) is -1.60. The quantitative estimate of drug-likeness (QED) is 0.693. The normalized spacial score (nSPS) is 24.8. The van der Waals surface area contributed by atoms with Crippen LogP contribution in [0, 0.1) is 5.92 Å². The molecular formula is C19H33N3O5. The predicted molar refractivity (Wildman–Crippen MR) is 99.9 cm³/mol. The summed E-state index contributed by atoms with van der Waals surface area (Å²) >= 11 is 0.